The Bertz CT molecular complexity index is 520. The van der Waals surface area contributed by atoms with Gasteiger partial charge < -0.3 is 15.0 Å². The van der Waals surface area contributed by atoms with Gasteiger partial charge in [-0.3, -0.25) is 4.79 Å². The highest BCUT2D eigenvalue weighted by Gasteiger charge is 2.16. The van der Waals surface area contributed by atoms with Crippen molar-refractivity contribution in [3.63, 3.8) is 0 Å². The second kappa shape index (κ2) is 6.87. The quantitative estimate of drug-likeness (QED) is 0.891. The van der Waals surface area contributed by atoms with Gasteiger partial charge in [0.25, 0.3) is 5.91 Å². The number of rotatable bonds is 3. The van der Waals surface area contributed by atoms with E-state index < -0.39 is 5.82 Å². The lowest BCUT2D eigenvalue weighted by molar-refractivity contribution is -0.133. The minimum absolute atomic E-state index is 0.00898. The van der Waals surface area contributed by atoms with Gasteiger partial charge in [0.15, 0.2) is 18.2 Å². The predicted molar refractivity (Wildman–Crippen MR) is 70.7 cm³/mol. The molecule has 1 aliphatic rings. The highest BCUT2D eigenvalue weighted by atomic mass is 19.1. The lowest BCUT2D eigenvalue weighted by Gasteiger charge is -2.20. The van der Waals surface area contributed by atoms with Gasteiger partial charge in [-0.05, 0) is 31.2 Å². The summed E-state index contributed by atoms with van der Waals surface area (Å²) in [5.41, 5.74) is 0.222. The summed E-state index contributed by atoms with van der Waals surface area (Å²) in [5.74, 6) is -0.794. The number of benzene rings is 1. The van der Waals surface area contributed by atoms with Gasteiger partial charge in [0.2, 0.25) is 0 Å². The summed E-state index contributed by atoms with van der Waals surface area (Å²) in [7, 11) is 0. The van der Waals surface area contributed by atoms with E-state index in [1.807, 2.05) is 6.07 Å². The van der Waals surface area contributed by atoms with Crippen molar-refractivity contribution < 1.29 is 13.9 Å². The van der Waals surface area contributed by atoms with Crippen molar-refractivity contribution >= 4 is 5.91 Å². The van der Waals surface area contributed by atoms with Crippen LogP contribution in [0.3, 0.4) is 0 Å². The van der Waals surface area contributed by atoms with Gasteiger partial charge in [-0.25, -0.2) is 4.39 Å². The Morgan fingerprint density at radius 3 is 3.05 bits per heavy atom. The molecule has 0 aromatic heterocycles. The summed E-state index contributed by atoms with van der Waals surface area (Å²) in [5, 5.41) is 11.8. The Labute approximate surface area is 116 Å². The number of ether oxygens (including phenoxy) is 1. The van der Waals surface area contributed by atoms with Crippen molar-refractivity contribution in [2.24, 2.45) is 0 Å². The van der Waals surface area contributed by atoms with E-state index in [1.165, 1.54) is 12.1 Å². The smallest absolute Gasteiger partial charge is 0.260 e. The second-order valence-electron chi connectivity index (χ2n) is 4.53. The van der Waals surface area contributed by atoms with Crippen LogP contribution in [-0.2, 0) is 4.79 Å². The number of nitrogens with zero attached hydrogens (tertiary/aromatic N) is 2. The van der Waals surface area contributed by atoms with Crippen molar-refractivity contribution in [2.75, 3.05) is 32.8 Å². The highest BCUT2D eigenvalue weighted by molar-refractivity contribution is 5.77. The molecule has 1 aromatic carbocycles. The molecular formula is C14H16FN3O2. The second-order valence-corrected chi connectivity index (χ2v) is 4.53. The third kappa shape index (κ3) is 3.68. The molecule has 0 radical (unpaired) electrons. The molecule has 6 heteroatoms. The minimum Gasteiger partial charge on any atom is -0.481 e. The molecule has 1 N–H and O–H groups in total. The standard InChI is InChI=1S/C14H16FN3O2/c15-12-8-11(9-16)2-3-13(12)20-10-14(19)18-6-1-4-17-5-7-18/h2-3,8,17H,1,4-7,10H2. The first kappa shape index (κ1) is 14.3. The fraction of sp³-hybridized carbons (Fsp3) is 0.429. The highest BCUT2D eigenvalue weighted by Crippen LogP contribution is 2.18. The van der Waals surface area contributed by atoms with Crippen LogP contribution in [0.1, 0.15) is 12.0 Å². The first-order chi connectivity index (χ1) is 9.70. The van der Waals surface area contributed by atoms with Crippen LogP contribution in [0.5, 0.6) is 5.75 Å². The van der Waals surface area contributed by atoms with Gasteiger partial charge >= 0.3 is 0 Å². The summed E-state index contributed by atoms with van der Waals surface area (Å²) in [4.78, 5) is 13.7. The maximum absolute atomic E-state index is 13.6. The van der Waals surface area contributed by atoms with Gasteiger partial charge in [-0.15, -0.1) is 0 Å². The summed E-state index contributed by atoms with van der Waals surface area (Å²) >= 11 is 0. The van der Waals surface area contributed by atoms with Crippen molar-refractivity contribution in [3.8, 4) is 11.8 Å². The van der Waals surface area contributed by atoms with Gasteiger partial charge in [-0.1, -0.05) is 0 Å². The van der Waals surface area contributed by atoms with Gasteiger partial charge in [0.1, 0.15) is 0 Å². The van der Waals surface area contributed by atoms with Gasteiger partial charge in [0, 0.05) is 19.6 Å². The van der Waals surface area contributed by atoms with E-state index in [0.29, 0.717) is 13.1 Å². The summed E-state index contributed by atoms with van der Waals surface area (Å²) < 4.78 is 18.8. The maximum Gasteiger partial charge on any atom is 0.260 e. The van der Waals surface area contributed by atoms with E-state index in [9.17, 15) is 9.18 Å². The average molecular weight is 277 g/mol. The third-order valence-electron chi connectivity index (χ3n) is 3.10. The molecule has 1 amide bonds. The number of carbonyl (C=O) groups excluding carboxylic acids is 1. The first-order valence-corrected chi connectivity index (χ1v) is 6.51. The zero-order chi connectivity index (χ0) is 14.4. The van der Waals surface area contributed by atoms with E-state index in [2.05, 4.69) is 5.32 Å². The first-order valence-electron chi connectivity index (χ1n) is 6.51. The van der Waals surface area contributed by atoms with E-state index in [4.69, 9.17) is 10.00 Å². The van der Waals surface area contributed by atoms with Crippen LogP contribution < -0.4 is 10.1 Å². The Balaban J connectivity index is 1.91. The minimum atomic E-state index is -0.630. The molecule has 0 unspecified atom stereocenters. The lowest BCUT2D eigenvalue weighted by atomic mass is 10.2. The fourth-order valence-corrected chi connectivity index (χ4v) is 2.01. The van der Waals surface area contributed by atoms with E-state index in [-0.39, 0.29) is 23.8 Å². The van der Waals surface area contributed by atoms with Crippen LogP contribution in [-0.4, -0.2) is 43.6 Å². The third-order valence-corrected chi connectivity index (χ3v) is 3.10. The Morgan fingerprint density at radius 2 is 2.30 bits per heavy atom. The van der Waals surface area contributed by atoms with Crippen molar-refractivity contribution in [2.45, 2.75) is 6.42 Å². The Morgan fingerprint density at radius 1 is 1.45 bits per heavy atom. The summed E-state index contributed by atoms with van der Waals surface area (Å²) in [6.45, 7) is 2.79. The van der Waals surface area contributed by atoms with Crippen LogP contribution in [0.25, 0.3) is 0 Å². The molecule has 20 heavy (non-hydrogen) atoms. The number of hydrogen-bond acceptors (Lipinski definition) is 4. The zero-order valence-electron chi connectivity index (χ0n) is 11.1. The molecule has 1 aliphatic heterocycles. The summed E-state index contributed by atoms with van der Waals surface area (Å²) in [6, 6.07) is 5.76. The lowest BCUT2D eigenvalue weighted by Crippen LogP contribution is -2.37. The normalized spacial score (nSPS) is 15.3. The van der Waals surface area contributed by atoms with Crippen molar-refractivity contribution in [1.29, 1.82) is 5.26 Å². The maximum atomic E-state index is 13.6. The predicted octanol–water partition coefficient (Wildman–Crippen LogP) is 0.898. The fourth-order valence-electron chi connectivity index (χ4n) is 2.01. The molecule has 0 bridgehead atoms. The number of hydrogen-bond donors (Lipinski definition) is 1. The zero-order valence-corrected chi connectivity index (χ0v) is 11.1. The largest absolute Gasteiger partial charge is 0.481 e. The molecule has 1 heterocycles. The van der Waals surface area contributed by atoms with Crippen molar-refractivity contribution in [3.05, 3.63) is 29.6 Å². The monoisotopic (exact) mass is 277 g/mol. The molecule has 0 aliphatic carbocycles. The van der Waals surface area contributed by atoms with Crippen LogP contribution in [0.2, 0.25) is 0 Å². The summed E-state index contributed by atoms with van der Waals surface area (Å²) in [6.07, 6.45) is 0.900. The number of nitriles is 1. The topological polar surface area (TPSA) is 65.4 Å². The Hall–Kier alpha value is -2.13. The van der Waals surface area contributed by atoms with E-state index in [0.717, 1.165) is 25.6 Å². The van der Waals surface area contributed by atoms with E-state index in [1.54, 1.807) is 4.90 Å². The number of halogens is 1. The van der Waals surface area contributed by atoms with Crippen molar-refractivity contribution in [1.82, 2.24) is 10.2 Å². The molecule has 0 spiro atoms. The molecule has 0 saturated carbocycles. The number of carbonyl (C=O) groups is 1. The van der Waals surface area contributed by atoms with Gasteiger partial charge in [0.05, 0.1) is 11.6 Å². The molecule has 1 aromatic rings. The number of amides is 1. The molecule has 0 atom stereocenters. The molecular weight excluding hydrogens is 261 g/mol. The molecule has 106 valence electrons. The average Bonchev–Trinajstić information content (AvgIpc) is 2.74. The molecule has 1 fully saturated rings. The molecule has 1 saturated heterocycles. The van der Waals surface area contributed by atoms with E-state index >= 15 is 0 Å². The Kier molecular flexibility index (Phi) is 4.91. The van der Waals surface area contributed by atoms with Crippen LogP contribution in [0.4, 0.5) is 4.39 Å². The van der Waals surface area contributed by atoms with Gasteiger partial charge in [-0.2, -0.15) is 5.26 Å². The molecule has 2 rings (SSSR count). The molecule has 5 nitrogen and oxygen atoms in total. The SMILES string of the molecule is N#Cc1ccc(OCC(=O)N2CCCNCC2)c(F)c1. The van der Waals surface area contributed by atoms with Crippen LogP contribution >= 0.6 is 0 Å². The van der Waals surface area contributed by atoms with Crippen LogP contribution in [0, 0.1) is 17.1 Å². The van der Waals surface area contributed by atoms with Crippen LogP contribution in [0.15, 0.2) is 18.2 Å². The number of nitrogens with one attached hydrogen (secondary N) is 1.